The second-order valence-corrected chi connectivity index (χ2v) is 5.32. The Labute approximate surface area is 107 Å². The Hall–Kier alpha value is -1.35. The third-order valence-corrected chi connectivity index (χ3v) is 4.06. The van der Waals surface area contributed by atoms with Gasteiger partial charge in [0.2, 0.25) is 0 Å². The molecule has 1 fully saturated rings. The Morgan fingerprint density at radius 2 is 2.06 bits per heavy atom. The first-order chi connectivity index (χ1) is 8.76. The van der Waals surface area contributed by atoms with Crippen LogP contribution in [-0.4, -0.2) is 21.2 Å². The Balaban J connectivity index is 1.88. The van der Waals surface area contributed by atoms with E-state index in [1.807, 2.05) is 0 Å². The molecule has 2 N–H and O–H groups in total. The van der Waals surface area contributed by atoms with Crippen molar-refractivity contribution in [3.05, 3.63) is 29.6 Å². The maximum atomic E-state index is 9.56. The molecule has 0 saturated heterocycles. The highest BCUT2D eigenvalue weighted by atomic mass is 16.3. The number of nitrogens with one attached hydrogen (secondary N) is 1. The molecular weight excluding hydrogens is 224 g/mol. The maximum absolute atomic E-state index is 9.56. The predicted octanol–water partition coefficient (Wildman–Crippen LogP) is 3.14. The van der Waals surface area contributed by atoms with E-state index in [0.29, 0.717) is 5.92 Å². The van der Waals surface area contributed by atoms with Crippen molar-refractivity contribution in [1.29, 1.82) is 0 Å². The summed E-state index contributed by atoms with van der Waals surface area (Å²) in [5.41, 5.74) is 3.60. The summed E-state index contributed by atoms with van der Waals surface area (Å²) in [7, 11) is 0. The van der Waals surface area contributed by atoms with Crippen LogP contribution in [0.1, 0.15) is 49.9 Å². The second kappa shape index (κ2) is 4.73. The molecule has 96 valence electrons. The molecule has 0 spiro atoms. The minimum absolute atomic E-state index is 0.0798. The molecular formula is C15H20N2O. The molecule has 0 radical (unpaired) electrons. The van der Waals surface area contributed by atoms with Crippen molar-refractivity contribution in [2.75, 3.05) is 0 Å². The van der Waals surface area contributed by atoms with Gasteiger partial charge in [-0.05, 0) is 49.3 Å². The molecule has 1 aromatic heterocycles. The van der Waals surface area contributed by atoms with Gasteiger partial charge >= 0.3 is 0 Å². The minimum Gasteiger partial charge on any atom is -0.393 e. The fourth-order valence-corrected chi connectivity index (χ4v) is 2.91. The SMILES string of the molecule is CCc1nc2ccc(C3CCC(O)CC3)cc2[nH]1. The van der Waals surface area contributed by atoms with Gasteiger partial charge in [-0.3, -0.25) is 0 Å². The number of aryl methyl sites for hydroxylation is 1. The molecule has 2 aromatic rings. The van der Waals surface area contributed by atoms with Crippen LogP contribution < -0.4 is 0 Å². The molecule has 1 aliphatic carbocycles. The van der Waals surface area contributed by atoms with Gasteiger partial charge in [0.1, 0.15) is 5.82 Å². The maximum Gasteiger partial charge on any atom is 0.106 e. The van der Waals surface area contributed by atoms with Crippen LogP contribution in [0.3, 0.4) is 0 Å². The number of imidazole rings is 1. The van der Waals surface area contributed by atoms with Gasteiger partial charge in [0.15, 0.2) is 0 Å². The normalized spacial score (nSPS) is 24.6. The number of hydrogen-bond donors (Lipinski definition) is 2. The lowest BCUT2D eigenvalue weighted by atomic mass is 9.83. The van der Waals surface area contributed by atoms with Gasteiger partial charge in [0.25, 0.3) is 0 Å². The summed E-state index contributed by atoms with van der Waals surface area (Å²) in [4.78, 5) is 7.91. The fourth-order valence-electron chi connectivity index (χ4n) is 2.91. The zero-order valence-corrected chi connectivity index (χ0v) is 10.8. The van der Waals surface area contributed by atoms with Crippen LogP contribution in [0.5, 0.6) is 0 Å². The highest BCUT2D eigenvalue weighted by Gasteiger charge is 2.21. The van der Waals surface area contributed by atoms with Gasteiger partial charge in [0.05, 0.1) is 17.1 Å². The van der Waals surface area contributed by atoms with Gasteiger partial charge in [-0.2, -0.15) is 0 Å². The van der Waals surface area contributed by atoms with Gasteiger partial charge in [-0.15, -0.1) is 0 Å². The van der Waals surface area contributed by atoms with E-state index in [9.17, 15) is 5.11 Å². The van der Waals surface area contributed by atoms with Crippen molar-refractivity contribution in [2.24, 2.45) is 0 Å². The van der Waals surface area contributed by atoms with Gasteiger partial charge in [0, 0.05) is 6.42 Å². The van der Waals surface area contributed by atoms with Crippen LogP contribution in [0.25, 0.3) is 11.0 Å². The number of benzene rings is 1. The van der Waals surface area contributed by atoms with E-state index < -0.39 is 0 Å². The number of aromatic nitrogens is 2. The molecule has 1 saturated carbocycles. The third-order valence-electron chi connectivity index (χ3n) is 4.06. The van der Waals surface area contributed by atoms with E-state index in [-0.39, 0.29) is 6.10 Å². The number of nitrogens with zero attached hydrogens (tertiary/aromatic N) is 1. The van der Waals surface area contributed by atoms with E-state index in [1.165, 1.54) is 5.56 Å². The van der Waals surface area contributed by atoms with Crippen molar-refractivity contribution >= 4 is 11.0 Å². The van der Waals surface area contributed by atoms with Gasteiger partial charge in [-0.25, -0.2) is 4.98 Å². The number of rotatable bonds is 2. The number of hydrogen-bond acceptors (Lipinski definition) is 2. The summed E-state index contributed by atoms with van der Waals surface area (Å²) in [6.07, 6.45) is 4.93. The van der Waals surface area contributed by atoms with Crippen LogP contribution in [0.2, 0.25) is 0 Å². The first-order valence-corrected chi connectivity index (χ1v) is 6.93. The highest BCUT2D eigenvalue weighted by Crippen LogP contribution is 2.33. The van der Waals surface area contributed by atoms with Crippen LogP contribution in [0, 0.1) is 0 Å². The minimum atomic E-state index is -0.0798. The lowest BCUT2D eigenvalue weighted by Gasteiger charge is -2.25. The summed E-state index contributed by atoms with van der Waals surface area (Å²) < 4.78 is 0. The van der Waals surface area contributed by atoms with Gasteiger partial charge in [-0.1, -0.05) is 13.0 Å². The van der Waals surface area contributed by atoms with Crippen molar-refractivity contribution in [3.63, 3.8) is 0 Å². The zero-order valence-electron chi connectivity index (χ0n) is 10.8. The molecule has 3 rings (SSSR count). The molecule has 0 unspecified atom stereocenters. The lowest BCUT2D eigenvalue weighted by Crippen LogP contribution is -2.16. The first-order valence-electron chi connectivity index (χ1n) is 6.93. The topological polar surface area (TPSA) is 48.9 Å². The van der Waals surface area contributed by atoms with Crippen LogP contribution in [0.15, 0.2) is 18.2 Å². The lowest BCUT2D eigenvalue weighted by molar-refractivity contribution is 0.122. The number of aliphatic hydroxyl groups is 1. The first kappa shape index (κ1) is 11.7. The second-order valence-electron chi connectivity index (χ2n) is 5.32. The Morgan fingerprint density at radius 1 is 1.28 bits per heavy atom. The van der Waals surface area contributed by atoms with Crippen molar-refractivity contribution < 1.29 is 5.11 Å². The predicted molar refractivity (Wildman–Crippen MR) is 72.7 cm³/mol. The molecule has 0 atom stereocenters. The monoisotopic (exact) mass is 244 g/mol. The van der Waals surface area contributed by atoms with E-state index >= 15 is 0 Å². The van der Waals surface area contributed by atoms with Crippen molar-refractivity contribution in [2.45, 2.75) is 51.0 Å². The van der Waals surface area contributed by atoms with Crippen LogP contribution in [-0.2, 0) is 6.42 Å². The summed E-state index contributed by atoms with van der Waals surface area (Å²) in [6.45, 7) is 2.11. The number of fused-ring (bicyclic) bond motifs is 1. The van der Waals surface area contributed by atoms with Crippen LogP contribution >= 0.6 is 0 Å². The molecule has 0 aliphatic heterocycles. The summed E-state index contributed by atoms with van der Waals surface area (Å²) in [6, 6.07) is 6.56. The Bertz CT molecular complexity index is 538. The van der Waals surface area contributed by atoms with Crippen LogP contribution in [0.4, 0.5) is 0 Å². The van der Waals surface area contributed by atoms with E-state index in [2.05, 4.69) is 35.1 Å². The average Bonchev–Trinajstić information content (AvgIpc) is 2.81. The Morgan fingerprint density at radius 3 is 2.78 bits per heavy atom. The van der Waals surface area contributed by atoms with E-state index in [0.717, 1.165) is 49.0 Å². The highest BCUT2D eigenvalue weighted by molar-refractivity contribution is 5.76. The third kappa shape index (κ3) is 2.15. The molecule has 3 nitrogen and oxygen atoms in total. The summed E-state index contributed by atoms with van der Waals surface area (Å²) in [5.74, 6) is 1.66. The largest absolute Gasteiger partial charge is 0.393 e. The van der Waals surface area contributed by atoms with E-state index in [4.69, 9.17) is 0 Å². The Kier molecular flexibility index (Phi) is 3.08. The molecule has 3 heteroatoms. The summed E-state index contributed by atoms with van der Waals surface area (Å²) in [5, 5.41) is 9.56. The van der Waals surface area contributed by atoms with Crippen molar-refractivity contribution in [1.82, 2.24) is 9.97 Å². The molecule has 18 heavy (non-hydrogen) atoms. The molecule has 0 bridgehead atoms. The molecule has 0 amide bonds. The number of aromatic amines is 1. The standard InChI is InChI=1S/C15H20N2O/c1-2-15-16-13-8-5-11(9-14(13)17-15)10-3-6-12(18)7-4-10/h5,8-10,12,18H,2-4,6-7H2,1H3,(H,16,17). The molecule has 1 heterocycles. The molecule has 1 aromatic carbocycles. The summed E-state index contributed by atoms with van der Waals surface area (Å²) >= 11 is 0. The average molecular weight is 244 g/mol. The number of aliphatic hydroxyl groups excluding tert-OH is 1. The quantitative estimate of drug-likeness (QED) is 0.852. The van der Waals surface area contributed by atoms with Crippen molar-refractivity contribution in [3.8, 4) is 0 Å². The zero-order chi connectivity index (χ0) is 12.5. The fraction of sp³-hybridized carbons (Fsp3) is 0.533. The van der Waals surface area contributed by atoms with Gasteiger partial charge < -0.3 is 10.1 Å². The van der Waals surface area contributed by atoms with E-state index in [1.54, 1.807) is 0 Å². The number of H-pyrrole nitrogens is 1. The smallest absolute Gasteiger partial charge is 0.106 e. The molecule has 1 aliphatic rings.